The Kier molecular flexibility index (Phi) is 6.40. The summed E-state index contributed by atoms with van der Waals surface area (Å²) in [5, 5.41) is 0. The summed E-state index contributed by atoms with van der Waals surface area (Å²) < 4.78 is 4.95. The van der Waals surface area contributed by atoms with Gasteiger partial charge in [-0.25, -0.2) is 0 Å². The smallest absolute Gasteiger partial charge is 0.306 e. The van der Waals surface area contributed by atoms with Gasteiger partial charge in [-0.05, 0) is 18.4 Å². The van der Waals surface area contributed by atoms with E-state index in [1.54, 1.807) is 12.1 Å². The molecular formula is C14H16O4. The van der Waals surface area contributed by atoms with Gasteiger partial charge >= 0.3 is 5.97 Å². The number of hydrogen-bond acceptors (Lipinski definition) is 4. The highest BCUT2D eigenvalue weighted by Gasteiger charge is 2.06. The van der Waals surface area contributed by atoms with Crippen molar-refractivity contribution in [1.29, 1.82) is 0 Å². The molecule has 0 fully saturated rings. The van der Waals surface area contributed by atoms with Crippen molar-refractivity contribution in [3.63, 3.8) is 0 Å². The van der Waals surface area contributed by atoms with Gasteiger partial charge in [0.25, 0.3) is 0 Å². The third kappa shape index (κ3) is 4.91. The molecule has 0 heterocycles. The molecule has 0 N–H and O–H groups in total. The molecule has 4 heteroatoms. The lowest BCUT2D eigenvalue weighted by atomic mass is 10.0. The van der Waals surface area contributed by atoms with Crippen molar-refractivity contribution in [3.8, 4) is 0 Å². The number of carbonyl (C=O) groups excluding carboxylic acids is 3. The van der Waals surface area contributed by atoms with Crippen molar-refractivity contribution in [2.45, 2.75) is 25.7 Å². The van der Waals surface area contributed by atoms with Gasteiger partial charge in [0.15, 0.2) is 0 Å². The summed E-state index contributed by atoms with van der Waals surface area (Å²) in [4.78, 5) is 32.2. The molecule has 0 spiro atoms. The van der Waals surface area contributed by atoms with Crippen LogP contribution in [-0.4, -0.2) is 25.1 Å². The Morgan fingerprint density at radius 1 is 1.22 bits per heavy atom. The van der Waals surface area contributed by atoms with E-state index in [0.717, 1.165) is 18.1 Å². The molecule has 0 radical (unpaired) electrons. The number of hydrogen-bond donors (Lipinski definition) is 0. The van der Waals surface area contributed by atoms with E-state index in [-0.39, 0.29) is 19.0 Å². The summed E-state index contributed by atoms with van der Waals surface area (Å²) in [5.74, 6) is -0.304. The van der Waals surface area contributed by atoms with Gasteiger partial charge in [-0.1, -0.05) is 24.3 Å². The largest absolute Gasteiger partial charge is 0.466 e. The van der Waals surface area contributed by atoms with E-state index < -0.39 is 0 Å². The molecule has 0 atom stereocenters. The maximum absolute atomic E-state index is 11.4. The second-order valence-corrected chi connectivity index (χ2v) is 3.85. The van der Waals surface area contributed by atoms with Crippen molar-refractivity contribution in [2.75, 3.05) is 6.61 Å². The van der Waals surface area contributed by atoms with Crippen LogP contribution in [0.2, 0.25) is 0 Å². The van der Waals surface area contributed by atoms with Gasteiger partial charge in [0.2, 0.25) is 0 Å². The van der Waals surface area contributed by atoms with Crippen molar-refractivity contribution in [2.24, 2.45) is 0 Å². The summed E-state index contributed by atoms with van der Waals surface area (Å²) in [7, 11) is 0. The topological polar surface area (TPSA) is 60.4 Å². The number of aryl methyl sites for hydroxylation is 1. The maximum atomic E-state index is 11.4. The highest BCUT2D eigenvalue weighted by Crippen LogP contribution is 2.09. The van der Waals surface area contributed by atoms with E-state index in [0.29, 0.717) is 24.8 Å². The Labute approximate surface area is 106 Å². The zero-order valence-electron chi connectivity index (χ0n) is 10.1. The monoisotopic (exact) mass is 248 g/mol. The van der Waals surface area contributed by atoms with E-state index in [1.807, 2.05) is 12.1 Å². The van der Waals surface area contributed by atoms with Gasteiger partial charge in [0, 0.05) is 18.4 Å². The average molecular weight is 248 g/mol. The van der Waals surface area contributed by atoms with Crippen LogP contribution in [-0.2, 0) is 20.7 Å². The second kappa shape index (κ2) is 8.17. The standard InChI is InChI=1S/C14H16O4/c15-9-3-4-10-18-14(17)8-7-12-5-1-2-6-13(12)11-16/h1-2,5-6,9,11H,3-4,7-8,10H2. The Morgan fingerprint density at radius 2 is 2.00 bits per heavy atom. The lowest BCUT2D eigenvalue weighted by molar-refractivity contribution is -0.143. The van der Waals surface area contributed by atoms with Crippen LogP contribution in [0.25, 0.3) is 0 Å². The highest BCUT2D eigenvalue weighted by atomic mass is 16.5. The molecule has 0 aromatic heterocycles. The number of ether oxygens (including phenoxy) is 1. The van der Waals surface area contributed by atoms with E-state index in [9.17, 15) is 14.4 Å². The third-order valence-electron chi connectivity index (χ3n) is 2.51. The molecule has 96 valence electrons. The molecular weight excluding hydrogens is 232 g/mol. The van der Waals surface area contributed by atoms with Gasteiger partial charge < -0.3 is 9.53 Å². The van der Waals surface area contributed by atoms with Gasteiger partial charge in [-0.3, -0.25) is 9.59 Å². The van der Waals surface area contributed by atoms with Crippen LogP contribution in [0.5, 0.6) is 0 Å². The molecule has 1 rings (SSSR count). The first-order valence-corrected chi connectivity index (χ1v) is 5.90. The molecule has 0 aliphatic heterocycles. The lowest BCUT2D eigenvalue weighted by Gasteiger charge is -2.05. The average Bonchev–Trinajstić information content (AvgIpc) is 2.41. The lowest BCUT2D eigenvalue weighted by Crippen LogP contribution is -2.08. The van der Waals surface area contributed by atoms with Crippen LogP contribution in [0, 0.1) is 0 Å². The number of rotatable bonds is 8. The number of carbonyl (C=O) groups is 3. The predicted molar refractivity (Wildman–Crippen MR) is 66.4 cm³/mol. The molecule has 0 bridgehead atoms. The first kappa shape index (κ1) is 14.1. The van der Waals surface area contributed by atoms with Gasteiger partial charge in [0.1, 0.15) is 12.6 Å². The normalized spacial score (nSPS) is 9.78. The Hall–Kier alpha value is -1.97. The molecule has 0 saturated carbocycles. The van der Waals surface area contributed by atoms with Crippen molar-refractivity contribution < 1.29 is 19.1 Å². The van der Waals surface area contributed by atoms with Crippen molar-refractivity contribution in [3.05, 3.63) is 35.4 Å². The van der Waals surface area contributed by atoms with Crippen LogP contribution >= 0.6 is 0 Å². The quantitative estimate of drug-likeness (QED) is 0.401. The fraction of sp³-hybridized carbons (Fsp3) is 0.357. The third-order valence-corrected chi connectivity index (χ3v) is 2.51. The molecule has 1 aromatic carbocycles. The van der Waals surface area contributed by atoms with E-state index >= 15 is 0 Å². The number of benzene rings is 1. The number of unbranched alkanes of at least 4 members (excludes halogenated alkanes) is 1. The zero-order valence-corrected chi connectivity index (χ0v) is 10.1. The summed E-state index contributed by atoms with van der Waals surface area (Å²) in [5.41, 5.74) is 1.45. The molecule has 18 heavy (non-hydrogen) atoms. The minimum absolute atomic E-state index is 0.242. The maximum Gasteiger partial charge on any atom is 0.306 e. The SMILES string of the molecule is O=CCCCOC(=O)CCc1ccccc1C=O. The minimum atomic E-state index is -0.304. The second-order valence-electron chi connectivity index (χ2n) is 3.85. The Balaban J connectivity index is 2.33. The van der Waals surface area contributed by atoms with Gasteiger partial charge in [-0.15, -0.1) is 0 Å². The van der Waals surface area contributed by atoms with Crippen molar-refractivity contribution in [1.82, 2.24) is 0 Å². The Bertz CT molecular complexity index is 412. The van der Waals surface area contributed by atoms with Crippen LogP contribution in [0.3, 0.4) is 0 Å². The minimum Gasteiger partial charge on any atom is -0.466 e. The van der Waals surface area contributed by atoms with Gasteiger partial charge in [-0.2, -0.15) is 0 Å². The van der Waals surface area contributed by atoms with E-state index in [1.165, 1.54) is 0 Å². The fourth-order valence-electron chi connectivity index (χ4n) is 1.54. The molecule has 0 amide bonds. The molecule has 4 nitrogen and oxygen atoms in total. The van der Waals surface area contributed by atoms with Crippen LogP contribution in [0.1, 0.15) is 35.2 Å². The first-order chi connectivity index (χ1) is 8.77. The Morgan fingerprint density at radius 3 is 2.72 bits per heavy atom. The molecule has 0 saturated heterocycles. The van der Waals surface area contributed by atoms with E-state index in [2.05, 4.69) is 0 Å². The molecule has 0 aliphatic rings. The summed E-state index contributed by atoms with van der Waals surface area (Å²) >= 11 is 0. The molecule has 1 aromatic rings. The van der Waals surface area contributed by atoms with E-state index in [4.69, 9.17) is 4.74 Å². The molecule has 0 unspecified atom stereocenters. The van der Waals surface area contributed by atoms with Crippen LogP contribution in [0.4, 0.5) is 0 Å². The molecule has 0 aliphatic carbocycles. The van der Waals surface area contributed by atoms with Crippen LogP contribution in [0.15, 0.2) is 24.3 Å². The van der Waals surface area contributed by atoms with Crippen molar-refractivity contribution >= 4 is 18.5 Å². The summed E-state index contributed by atoms with van der Waals surface area (Å²) in [6.07, 6.45) is 3.27. The van der Waals surface area contributed by atoms with Gasteiger partial charge in [0.05, 0.1) is 6.61 Å². The number of aldehydes is 2. The highest BCUT2D eigenvalue weighted by molar-refractivity contribution is 5.77. The summed E-state index contributed by atoms with van der Waals surface area (Å²) in [6.45, 7) is 0.271. The van der Waals surface area contributed by atoms with Crippen LogP contribution < -0.4 is 0 Å². The predicted octanol–water partition coefficient (Wildman–Crippen LogP) is 1.95. The first-order valence-electron chi connectivity index (χ1n) is 5.90. The fourth-order valence-corrected chi connectivity index (χ4v) is 1.54. The number of esters is 1. The summed E-state index contributed by atoms with van der Waals surface area (Å²) in [6, 6.07) is 7.16. The zero-order chi connectivity index (χ0) is 13.2.